The van der Waals surface area contributed by atoms with E-state index in [-0.39, 0.29) is 5.41 Å². The third kappa shape index (κ3) is 4.97. The molecule has 1 aliphatic rings. The first-order valence-electron chi connectivity index (χ1n) is 10.1. The minimum Gasteiger partial charge on any atom is -0.497 e. The van der Waals surface area contributed by atoms with Crippen molar-refractivity contribution < 1.29 is 14.3 Å². The van der Waals surface area contributed by atoms with E-state index in [4.69, 9.17) is 4.74 Å². The molecule has 0 aromatic heterocycles. The lowest BCUT2D eigenvalue weighted by atomic mass is 9.86. The Morgan fingerprint density at radius 2 is 1.52 bits per heavy atom. The van der Waals surface area contributed by atoms with E-state index >= 15 is 0 Å². The fourth-order valence-electron chi connectivity index (χ4n) is 3.56. The first-order valence-corrected chi connectivity index (χ1v) is 10.1. The van der Waals surface area contributed by atoms with Crippen molar-refractivity contribution >= 4 is 17.4 Å². The summed E-state index contributed by atoms with van der Waals surface area (Å²) < 4.78 is 5.22. The molecule has 2 aromatic rings. The maximum atomic E-state index is 12.8. The van der Waals surface area contributed by atoms with Crippen molar-refractivity contribution in [2.75, 3.05) is 38.2 Å². The number of hydrogen-bond donors (Lipinski definition) is 0. The summed E-state index contributed by atoms with van der Waals surface area (Å²) in [6, 6.07) is 15.3. The quantitative estimate of drug-likeness (QED) is 0.583. The van der Waals surface area contributed by atoms with E-state index in [1.807, 2.05) is 36.4 Å². The molecule has 29 heavy (non-hydrogen) atoms. The van der Waals surface area contributed by atoms with E-state index in [0.29, 0.717) is 25.2 Å². The van der Waals surface area contributed by atoms with Gasteiger partial charge in [0.05, 0.1) is 7.11 Å². The number of anilines is 1. The second kappa shape index (κ2) is 8.68. The van der Waals surface area contributed by atoms with Gasteiger partial charge in [-0.15, -0.1) is 0 Å². The summed E-state index contributed by atoms with van der Waals surface area (Å²) in [5, 5.41) is 0. The second-order valence-electron chi connectivity index (χ2n) is 8.49. The Morgan fingerprint density at radius 1 is 0.862 bits per heavy atom. The number of carbonyl (C=O) groups is 2. The number of carbonyl (C=O) groups excluding carboxylic acids is 2. The molecule has 1 saturated heterocycles. The largest absolute Gasteiger partial charge is 0.497 e. The third-order valence-corrected chi connectivity index (χ3v) is 5.43. The molecule has 5 nitrogen and oxygen atoms in total. The van der Waals surface area contributed by atoms with Crippen LogP contribution < -0.4 is 9.64 Å². The Hall–Kier alpha value is -2.82. The molecule has 0 aliphatic carbocycles. The zero-order valence-electron chi connectivity index (χ0n) is 17.8. The molecule has 1 aliphatic heterocycles. The molecule has 2 aromatic carbocycles. The summed E-state index contributed by atoms with van der Waals surface area (Å²) in [5.41, 5.74) is 2.72. The van der Waals surface area contributed by atoms with Crippen LogP contribution in [0.15, 0.2) is 48.5 Å². The predicted octanol–water partition coefficient (Wildman–Crippen LogP) is 3.91. The summed E-state index contributed by atoms with van der Waals surface area (Å²) >= 11 is 0. The van der Waals surface area contributed by atoms with E-state index in [1.165, 1.54) is 0 Å². The van der Waals surface area contributed by atoms with Gasteiger partial charge in [0.1, 0.15) is 5.75 Å². The molecule has 0 spiro atoms. The lowest BCUT2D eigenvalue weighted by Gasteiger charge is -2.23. The molecule has 1 heterocycles. The van der Waals surface area contributed by atoms with E-state index in [2.05, 4.69) is 25.7 Å². The molecule has 5 heteroatoms. The molecular weight excluding hydrogens is 364 g/mol. The molecule has 0 atom stereocenters. The van der Waals surface area contributed by atoms with Crippen molar-refractivity contribution in [3.8, 4) is 5.75 Å². The summed E-state index contributed by atoms with van der Waals surface area (Å²) in [6.45, 7) is 9.06. The minimum atomic E-state index is -0.427. The number of methoxy groups -OCH3 is 1. The molecule has 0 saturated carbocycles. The van der Waals surface area contributed by atoms with Crippen LogP contribution in [0.3, 0.4) is 0 Å². The highest BCUT2D eigenvalue weighted by Gasteiger charge is 2.26. The van der Waals surface area contributed by atoms with Gasteiger partial charge in [-0.2, -0.15) is 0 Å². The molecule has 0 radical (unpaired) electrons. The van der Waals surface area contributed by atoms with Crippen molar-refractivity contribution in [3.05, 3.63) is 59.7 Å². The summed E-state index contributed by atoms with van der Waals surface area (Å²) in [4.78, 5) is 29.5. The van der Waals surface area contributed by atoms with Crippen LogP contribution in [-0.2, 0) is 10.2 Å². The zero-order chi connectivity index (χ0) is 21.0. The number of ether oxygens (including phenoxy) is 1. The molecule has 0 unspecified atom stereocenters. The Labute approximate surface area is 173 Å². The van der Waals surface area contributed by atoms with E-state index in [9.17, 15) is 9.59 Å². The van der Waals surface area contributed by atoms with Crippen LogP contribution in [-0.4, -0.2) is 49.9 Å². The van der Waals surface area contributed by atoms with Gasteiger partial charge in [0.2, 0.25) is 5.78 Å². The number of hydrogen-bond acceptors (Lipinski definition) is 4. The minimum absolute atomic E-state index is 0.0152. The van der Waals surface area contributed by atoms with E-state index in [1.54, 1.807) is 24.1 Å². The number of ketones is 1. The van der Waals surface area contributed by atoms with Gasteiger partial charge in [0.15, 0.2) is 0 Å². The van der Waals surface area contributed by atoms with Gasteiger partial charge in [0.25, 0.3) is 5.91 Å². The highest BCUT2D eigenvalue weighted by atomic mass is 16.5. The Balaban J connectivity index is 1.64. The van der Waals surface area contributed by atoms with Crippen molar-refractivity contribution in [1.29, 1.82) is 0 Å². The predicted molar refractivity (Wildman–Crippen MR) is 116 cm³/mol. The van der Waals surface area contributed by atoms with Gasteiger partial charge in [-0.25, -0.2) is 0 Å². The van der Waals surface area contributed by atoms with Crippen molar-refractivity contribution in [2.45, 2.75) is 32.6 Å². The molecule has 0 N–H and O–H groups in total. The lowest BCUT2D eigenvalue weighted by Crippen LogP contribution is -2.39. The van der Waals surface area contributed by atoms with Crippen LogP contribution >= 0.6 is 0 Å². The molecule has 3 rings (SSSR count). The summed E-state index contributed by atoms with van der Waals surface area (Å²) in [6.07, 6.45) is 0.827. The van der Waals surface area contributed by atoms with Gasteiger partial charge in [-0.1, -0.05) is 45.0 Å². The van der Waals surface area contributed by atoms with Crippen LogP contribution in [0.4, 0.5) is 5.69 Å². The lowest BCUT2D eigenvalue weighted by molar-refractivity contribution is -0.126. The van der Waals surface area contributed by atoms with Crippen molar-refractivity contribution in [3.63, 3.8) is 0 Å². The Kier molecular flexibility index (Phi) is 6.26. The molecule has 1 fully saturated rings. The zero-order valence-corrected chi connectivity index (χ0v) is 17.8. The third-order valence-electron chi connectivity index (χ3n) is 5.43. The van der Waals surface area contributed by atoms with E-state index < -0.39 is 11.7 Å². The van der Waals surface area contributed by atoms with Crippen LogP contribution in [0.1, 0.15) is 43.1 Å². The van der Waals surface area contributed by atoms with Gasteiger partial charge in [-0.3, -0.25) is 9.59 Å². The number of amides is 1. The fraction of sp³-hybridized carbons (Fsp3) is 0.417. The summed E-state index contributed by atoms with van der Waals surface area (Å²) in [7, 11) is 1.65. The highest BCUT2D eigenvalue weighted by Crippen LogP contribution is 2.23. The first kappa shape index (κ1) is 20.9. The topological polar surface area (TPSA) is 49.9 Å². The van der Waals surface area contributed by atoms with Crippen LogP contribution in [0.2, 0.25) is 0 Å². The van der Waals surface area contributed by atoms with Crippen LogP contribution in [0.25, 0.3) is 0 Å². The first-order chi connectivity index (χ1) is 13.8. The average Bonchev–Trinajstić information content (AvgIpc) is 2.98. The highest BCUT2D eigenvalue weighted by molar-refractivity contribution is 6.42. The molecule has 154 valence electrons. The van der Waals surface area contributed by atoms with Crippen LogP contribution in [0.5, 0.6) is 5.75 Å². The van der Waals surface area contributed by atoms with Gasteiger partial charge >= 0.3 is 0 Å². The maximum absolute atomic E-state index is 12.8. The van der Waals surface area contributed by atoms with Gasteiger partial charge < -0.3 is 14.5 Å². The Bertz CT molecular complexity index is 851. The smallest absolute Gasteiger partial charge is 0.295 e. The maximum Gasteiger partial charge on any atom is 0.295 e. The molecule has 0 bridgehead atoms. The molecular formula is C24H30N2O3. The number of nitrogens with zero attached hydrogens (tertiary/aromatic N) is 2. The Morgan fingerprint density at radius 3 is 2.10 bits per heavy atom. The number of Topliss-reactive ketones (excluding diaryl/α,β-unsaturated/α-hetero) is 1. The fourth-order valence-corrected chi connectivity index (χ4v) is 3.56. The van der Waals surface area contributed by atoms with Gasteiger partial charge in [-0.05, 0) is 41.7 Å². The van der Waals surface area contributed by atoms with Crippen molar-refractivity contribution in [1.82, 2.24) is 4.90 Å². The average molecular weight is 395 g/mol. The second-order valence-corrected chi connectivity index (χ2v) is 8.49. The SMILES string of the molecule is COc1ccc(N2CCCN(C(=O)C(=O)c3ccc(C(C)(C)C)cc3)CC2)cc1. The number of benzene rings is 2. The van der Waals surface area contributed by atoms with Gasteiger partial charge in [0, 0.05) is 37.4 Å². The molecule has 1 amide bonds. The van der Waals surface area contributed by atoms with Crippen LogP contribution in [0, 0.1) is 0 Å². The normalized spacial score (nSPS) is 15.0. The van der Waals surface area contributed by atoms with E-state index in [0.717, 1.165) is 30.0 Å². The van der Waals surface area contributed by atoms with Crippen molar-refractivity contribution in [2.24, 2.45) is 0 Å². The number of rotatable bonds is 4. The monoisotopic (exact) mass is 394 g/mol. The standard InChI is InChI=1S/C24H30N2O3/c1-24(2,3)19-8-6-18(7-9-19)22(27)23(28)26-15-5-14-25(16-17-26)20-10-12-21(29-4)13-11-20/h6-13H,5,14-17H2,1-4H3. The summed E-state index contributed by atoms with van der Waals surface area (Å²) in [5.74, 6) is -0.0168.